The Balaban J connectivity index is 2.90. The van der Waals surface area contributed by atoms with Crippen LogP contribution in [-0.2, 0) is 19.5 Å². The predicted molar refractivity (Wildman–Crippen MR) is 94.7 cm³/mol. The van der Waals surface area contributed by atoms with Gasteiger partial charge in [-0.05, 0) is 38.5 Å². The van der Waals surface area contributed by atoms with Crippen LogP contribution in [-0.4, -0.2) is 59.0 Å². The molecule has 0 amide bonds. The van der Waals surface area contributed by atoms with E-state index < -0.39 is 16.0 Å². The molecule has 0 aliphatic rings. The van der Waals surface area contributed by atoms with Crippen LogP contribution in [0.1, 0.15) is 30.6 Å². The molecule has 0 heterocycles. The van der Waals surface area contributed by atoms with Crippen LogP contribution in [0.2, 0.25) is 0 Å². The Morgan fingerprint density at radius 2 is 2.08 bits per heavy atom. The number of hydrogen-bond acceptors (Lipinski definition) is 6. The van der Waals surface area contributed by atoms with Crippen molar-refractivity contribution in [1.29, 1.82) is 0 Å². The monoisotopic (exact) mass is 374 g/mol. The molecule has 0 spiro atoms. The van der Waals surface area contributed by atoms with Gasteiger partial charge in [0.25, 0.3) is 0 Å². The lowest BCUT2D eigenvalue weighted by atomic mass is 10.1. The molecule has 1 atom stereocenters. The van der Waals surface area contributed by atoms with Gasteiger partial charge in [-0.1, -0.05) is 0 Å². The second kappa shape index (κ2) is 10.3. The molecule has 9 heteroatoms. The number of carboxylic acids is 1. The lowest BCUT2D eigenvalue weighted by Crippen LogP contribution is -2.26. The number of rotatable bonds is 12. The van der Waals surface area contributed by atoms with Crippen LogP contribution < -0.4 is 10.0 Å². The van der Waals surface area contributed by atoms with E-state index in [4.69, 9.17) is 9.47 Å². The maximum Gasteiger partial charge on any atom is 0.337 e. The molecule has 1 rings (SSSR count). The number of methoxy groups -OCH3 is 1. The molecule has 8 nitrogen and oxygen atoms in total. The van der Waals surface area contributed by atoms with Gasteiger partial charge in [0.05, 0.1) is 17.1 Å². The molecule has 0 aliphatic heterocycles. The van der Waals surface area contributed by atoms with Crippen molar-refractivity contribution >= 4 is 21.7 Å². The highest BCUT2D eigenvalue weighted by Gasteiger charge is 2.19. The number of ether oxygens (including phenoxy) is 2. The fourth-order valence-corrected chi connectivity index (χ4v) is 3.26. The summed E-state index contributed by atoms with van der Waals surface area (Å²) in [4.78, 5) is 11.4. The van der Waals surface area contributed by atoms with Crippen LogP contribution in [0.3, 0.4) is 0 Å². The fraction of sp³-hybridized carbons (Fsp3) is 0.562. The van der Waals surface area contributed by atoms with Gasteiger partial charge in [0.1, 0.15) is 0 Å². The summed E-state index contributed by atoms with van der Waals surface area (Å²) in [5, 5.41) is 12.4. The van der Waals surface area contributed by atoms with E-state index in [1.165, 1.54) is 12.1 Å². The summed E-state index contributed by atoms with van der Waals surface area (Å²) in [6.07, 6.45) is 0.535. The minimum atomic E-state index is -3.78. The third-order valence-electron chi connectivity index (χ3n) is 3.31. The number of nitrogens with one attached hydrogen (secondary N) is 2. The van der Waals surface area contributed by atoms with Crippen molar-refractivity contribution in [3.05, 3.63) is 23.8 Å². The van der Waals surface area contributed by atoms with Gasteiger partial charge in [-0.3, -0.25) is 0 Å². The normalized spacial score (nSPS) is 12.8. The van der Waals surface area contributed by atoms with E-state index in [0.717, 1.165) is 6.07 Å². The van der Waals surface area contributed by atoms with Crippen molar-refractivity contribution in [1.82, 2.24) is 4.72 Å². The van der Waals surface area contributed by atoms with Gasteiger partial charge in [-0.25, -0.2) is 17.9 Å². The molecule has 1 aromatic carbocycles. The van der Waals surface area contributed by atoms with Crippen molar-refractivity contribution in [3.8, 4) is 0 Å². The molecule has 0 aromatic heterocycles. The molecule has 0 bridgehead atoms. The SMILES string of the molecule is CCOCCCNS(=O)(=O)c1ccc(N[C@H](C)COC)c(C(=O)O)c1. The summed E-state index contributed by atoms with van der Waals surface area (Å²) in [5.41, 5.74) is 0.229. The lowest BCUT2D eigenvalue weighted by Gasteiger charge is -2.17. The first-order valence-corrected chi connectivity index (χ1v) is 9.50. The lowest BCUT2D eigenvalue weighted by molar-refractivity contribution is 0.0697. The summed E-state index contributed by atoms with van der Waals surface area (Å²) in [5.74, 6) is -1.21. The third-order valence-corrected chi connectivity index (χ3v) is 4.77. The number of carboxylic acid groups (broad SMARTS) is 1. The van der Waals surface area contributed by atoms with E-state index >= 15 is 0 Å². The molecule has 25 heavy (non-hydrogen) atoms. The number of carbonyl (C=O) groups is 1. The summed E-state index contributed by atoms with van der Waals surface area (Å²) >= 11 is 0. The minimum absolute atomic E-state index is 0.0914. The van der Waals surface area contributed by atoms with Gasteiger partial charge in [0.2, 0.25) is 10.0 Å². The standard InChI is InChI=1S/C16H26N2O6S/c1-4-24-9-5-8-17-25(21,22)13-6-7-15(14(10-13)16(19)20)18-12(2)11-23-3/h6-7,10,12,17-18H,4-5,8-9,11H2,1-3H3,(H,19,20)/t12-/m1/s1. The van der Waals surface area contributed by atoms with E-state index in [-0.39, 0.29) is 23.0 Å². The predicted octanol–water partition coefficient (Wildman–Crippen LogP) is 1.54. The molecule has 0 unspecified atom stereocenters. The van der Waals surface area contributed by atoms with Crippen LogP contribution in [0, 0.1) is 0 Å². The van der Waals surface area contributed by atoms with E-state index in [1.807, 2.05) is 13.8 Å². The maximum atomic E-state index is 12.3. The van der Waals surface area contributed by atoms with Gasteiger partial charge in [-0.15, -0.1) is 0 Å². The highest BCUT2D eigenvalue weighted by atomic mass is 32.2. The number of anilines is 1. The fourth-order valence-electron chi connectivity index (χ4n) is 2.16. The Bertz CT molecular complexity index is 663. The topological polar surface area (TPSA) is 114 Å². The molecule has 0 radical (unpaired) electrons. The van der Waals surface area contributed by atoms with Gasteiger partial charge >= 0.3 is 5.97 Å². The third kappa shape index (κ3) is 6.99. The molecular formula is C16H26N2O6S. The summed E-state index contributed by atoms with van der Waals surface area (Å²) in [6, 6.07) is 3.85. The minimum Gasteiger partial charge on any atom is -0.478 e. The Morgan fingerprint density at radius 1 is 1.36 bits per heavy atom. The zero-order valence-electron chi connectivity index (χ0n) is 14.7. The first-order valence-electron chi connectivity index (χ1n) is 8.02. The van der Waals surface area contributed by atoms with Crippen molar-refractivity contribution < 1.29 is 27.8 Å². The number of aromatic carboxylic acids is 1. The molecule has 0 saturated heterocycles. The number of sulfonamides is 1. The van der Waals surface area contributed by atoms with Crippen molar-refractivity contribution in [2.45, 2.75) is 31.2 Å². The van der Waals surface area contributed by atoms with Crippen molar-refractivity contribution in [3.63, 3.8) is 0 Å². The zero-order chi connectivity index (χ0) is 18.9. The number of benzene rings is 1. The average molecular weight is 374 g/mol. The first-order chi connectivity index (χ1) is 11.8. The Hall–Kier alpha value is -1.68. The van der Waals surface area contributed by atoms with Crippen molar-refractivity contribution in [2.75, 3.05) is 38.8 Å². The molecule has 1 aromatic rings. The number of hydrogen-bond donors (Lipinski definition) is 3. The molecule has 3 N–H and O–H groups in total. The highest BCUT2D eigenvalue weighted by Crippen LogP contribution is 2.21. The van der Waals surface area contributed by atoms with Crippen LogP contribution in [0.25, 0.3) is 0 Å². The molecule has 0 aliphatic carbocycles. The van der Waals surface area contributed by atoms with Gasteiger partial charge in [0.15, 0.2) is 0 Å². The van der Waals surface area contributed by atoms with Crippen LogP contribution in [0.5, 0.6) is 0 Å². The summed E-state index contributed by atoms with van der Waals surface area (Å²) < 4.78 is 37.2. The smallest absolute Gasteiger partial charge is 0.337 e. The van der Waals surface area contributed by atoms with E-state index in [2.05, 4.69) is 10.0 Å². The second-order valence-electron chi connectivity index (χ2n) is 5.46. The van der Waals surface area contributed by atoms with Gasteiger partial charge in [0, 0.05) is 38.6 Å². The van der Waals surface area contributed by atoms with Crippen molar-refractivity contribution in [2.24, 2.45) is 0 Å². The molecule has 142 valence electrons. The quantitative estimate of drug-likeness (QED) is 0.475. The van der Waals surface area contributed by atoms with Crippen LogP contribution >= 0.6 is 0 Å². The molecule has 0 fully saturated rings. The summed E-state index contributed by atoms with van der Waals surface area (Å²) in [7, 11) is -2.24. The zero-order valence-corrected chi connectivity index (χ0v) is 15.6. The Kier molecular flexibility index (Phi) is 8.84. The maximum absolute atomic E-state index is 12.3. The van der Waals surface area contributed by atoms with E-state index in [9.17, 15) is 18.3 Å². The van der Waals surface area contributed by atoms with Gasteiger partial charge < -0.3 is 19.9 Å². The molecular weight excluding hydrogens is 348 g/mol. The van der Waals surface area contributed by atoms with Gasteiger partial charge in [-0.2, -0.15) is 0 Å². The van der Waals surface area contributed by atoms with Crippen LogP contribution in [0.15, 0.2) is 23.1 Å². The van der Waals surface area contributed by atoms with Crippen LogP contribution in [0.4, 0.5) is 5.69 Å². The largest absolute Gasteiger partial charge is 0.478 e. The second-order valence-corrected chi connectivity index (χ2v) is 7.23. The average Bonchev–Trinajstić information content (AvgIpc) is 2.54. The summed E-state index contributed by atoms with van der Waals surface area (Å²) in [6.45, 7) is 5.33. The first kappa shape index (κ1) is 21.4. The highest BCUT2D eigenvalue weighted by molar-refractivity contribution is 7.89. The van der Waals surface area contributed by atoms with E-state index in [0.29, 0.717) is 31.9 Å². The molecule has 0 saturated carbocycles. The Labute approximate surface area is 148 Å². The Morgan fingerprint density at radius 3 is 2.68 bits per heavy atom. The van der Waals surface area contributed by atoms with E-state index in [1.54, 1.807) is 7.11 Å².